The van der Waals surface area contributed by atoms with E-state index in [2.05, 4.69) is 0 Å². The first kappa shape index (κ1) is 13.3. The predicted molar refractivity (Wildman–Crippen MR) is 76.7 cm³/mol. The van der Waals surface area contributed by atoms with E-state index in [0.29, 0.717) is 5.75 Å². The molecule has 1 aliphatic heterocycles. The molecule has 0 atom stereocenters. The topological polar surface area (TPSA) is 46.3 Å². The van der Waals surface area contributed by atoms with Gasteiger partial charge in [-0.15, -0.1) is 11.8 Å². The van der Waals surface area contributed by atoms with Crippen molar-refractivity contribution in [2.75, 3.05) is 24.6 Å². The Morgan fingerprint density at radius 3 is 2.78 bits per heavy atom. The van der Waals surface area contributed by atoms with Gasteiger partial charge in [0.05, 0.1) is 5.75 Å². The van der Waals surface area contributed by atoms with Gasteiger partial charge in [0.1, 0.15) is 0 Å². The Morgan fingerprint density at radius 2 is 2.06 bits per heavy atom. The highest BCUT2D eigenvalue weighted by atomic mass is 32.2. The molecule has 1 aliphatic rings. The summed E-state index contributed by atoms with van der Waals surface area (Å²) in [6.45, 7) is 3.90. The standard InChI is InChI=1S/C14H20N2OS/c1-11-5-6-12(15)9-13(11)18-10-14(17)16-7-3-2-4-8-16/h5-6,9H,2-4,7-8,10,15H2,1H3. The summed E-state index contributed by atoms with van der Waals surface area (Å²) in [5, 5.41) is 0. The maximum atomic E-state index is 12.0. The highest BCUT2D eigenvalue weighted by Gasteiger charge is 2.16. The molecule has 18 heavy (non-hydrogen) atoms. The Bertz CT molecular complexity index is 428. The molecule has 0 saturated carbocycles. The summed E-state index contributed by atoms with van der Waals surface area (Å²) in [6.07, 6.45) is 3.55. The zero-order valence-electron chi connectivity index (χ0n) is 10.8. The van der Waals surface area contributed by atoms with Crippen molar-refractivity contribution in [1.29, 1.82) is 0 Å². The fourth-order valence-electron chi connectivity index (χ4n) is 2.15. The lowest BCUT2D eigenvalue weighted by Crippen LogP contribution is -2.36. The van der Waals surface area contributed by atoms with Crippen LogP contribution in [-0.4, -0.2) is 29.6 Å². The number of rotatable bonds is 3. The van der Waals surface area contributed by atoms with Gasteiger partial charge in [-0.2, -0.15) is 0 Å². The largest absolute Gasteiger partial charge is 0.399 e. The number of carbonyl (C=O) groups is 1. The van der Waals surface area contributed by atoms with Gasteiger partial charge < -0.3 is 10.6 Å². The Labute approximate surface area is 113 Å². The Kier molecular flexibility index (Phi) is 4.53. The predicted octanol–water partition coefficient (Wildman–Crippen LogP) is 2.68. The highest BCUT2D eigenvalue weighted by molar-refractivity contribution is 8.00. The summed E-state index contributed by atoms with van der Waals surface area (Å²) >= 11 is 1.59. The second kappa shape index (κ2) is 6.14. The molecule has 0 bridgehead atoms. The van der Waals surface area contributed by atoms with Gasteiger partial charge in [-0.25, -0.2) is 0 Å². The zero-order chi connectivity index (χ0) is 13.0. The second-order valence-electron chi connectivity index (χ2n) is 4.76. The van der Waals surface area contributed by atoms with E-state index < -0.39 is 0 Å². The van der Waals surface area contributed by atoms with Gasteiger partial charge in [-0.3, -0.25) is 4.79 Å². The first-order valence-electron chi connectivity index (χ1n) is 6.43. The third kappa shape index (κ3) is 3.42. The minimum atomic E-state index is 0.251. The van der Waals surface area contributed by atoms with E-state index in [1.807, 2.05) is 30.0 Å². The summed E-state index contributed by atoms with van der Waals surface area (Å²) in [5.74, 6) is 0.770. The quantitative estimate of drug-likeness (QED) is 0.674. The Morgan fingerprint density at radius 1 is 1.33 bits per heavy atom. The van der Waals surface area contributed by atoms with Crippen LogP contribution in [-0.2, 0) is 4.79 Å². The fraction of sp³-hybridized carbons (Fsp3) is 0.500. The molecule has 0 unspecified atom stereocenters. The van der Waals surface area contributed by atoms with E-state index in [0.717, 1.165) is 36.5 Å². The number of thioether (sulfide) groups is 1. The van der Waals surface area contributed by atoms with Crippen LogP contribution in [0.1, 0.15) is 24.8 Å². The molecular formula is C14H20N2OS. The van der Waals surface area contributed by atoms with Crippen molar-refractivity contribution in [2.45, 2.75) is 31.1 Å². The summed E-state index contributed by atoms with van der Waals surface area (Å²) in [5.41, 5.74) is 7.71. The van der Waals surface area contributed by atoms with Gasteiger partial charge in [0, 0.05) is 23.7 Å². The number of aryl methyl sites for hydroxylation is 1. The fourth-order valence-corrected chi connectivity index (χ4v) is 3.12. The number of nitrogens with zero attached hydrogens (tertiary/aromatic N) is 1. The van der Waals surface area contributed by atoms with Crippen molar-refractivity contribution >= 4 is 23.4 Å². The molecule has 0 aliphatic carbocycles. The molecule has 98 valence electrons. The summed E-state index contributed by atoms with van der Waals surface area (Å²) in [6, 6.07) is 5.85. The second-order valence-corrected chi connectivity index (χ2v) is 5.77. The van der Waals surface area contributed by atoms with Gasteiger partial charge in [0.15, 0.2) is 0 Å². The van der Waals surface area contributed by atoms with Crippen molar-refractivity contribution in [3.63, 3.8) is 0 Å². The molecule has 2 N–H and O–H groups in total. The summed E-state index contributed by atoms with van der Waals surface area (Å²) in [7, 11) is 0. The van der Waals surface area contributed by atoms with Gasteiger partial charge >= 0.3 is 0 Å². The SMILES string of the molecule is Cc1ccc(N)cc1SCC(=O)N1CCCCC1. The third-order valence-electron chi connectivity index (χ3n) is 3.27. The number of anilines is 1. The van der Waals surface area contributed by atoms with Crippen LogP contribution >= 0.6 is 11.8 Å². The lowest BCUT2D eigenvalue weighted by Gasteiger charge is -2.26. The van der Waals surface area contributed by atoms with Crippen LogP contribution in [0.5, 0.6) is 0 Å². The zero-order valence-corrected chi connectivity index (χ0v) is 11.6. The molecule has 0 spiro atoms. The van der Waals surface area contributed by atoms with Crippen LogP contribution in [0.3, 0.4) is 0 Å². The molecule has 4 heteroatoms. The first-order valence-corrected chi connectivity index (χ1v) is 7.42. The van der Waals surface area contributed by atoms with Crippen molar-refractivity contribution in [2.24, 2.45) is 0 Å². The number of piperidine rings is 1. The molecule has 0 aromatic heterocycles. The minimum absolute atomic E-state index is 0.251. The first-order chi connectivity index (χ1) is 8.66. The summed E-state index contributed by atoms with van der Waals surface area (Å²) < 4.78 is 0. The van der Waals surface area contributed by atoms with E-state index in [9.17, 15) is 4.79 Å². The van der Waals surface area contributed by atoms with Crippen LogP contribution in [0.4, 0.5) is 5.69 Å². The van der Waals surface area contributed by atoms with Crippen LogP contribution in [0.15, 0.2) is 23.1 Å². The van der Waals surface area contributed by atoms with Crippen LogP contribution in [0.25, 0.3) is 0 Å². The van der Waals surface area contributed by atoms with E-state index >= 15 is 0 Å². The number of likely N-dealkylation sites (tertiary alicyclic amines) is 1. The number of benzene rings is 1. The normalized spacial score (nSPS) is 15.7. The maximum absolute atomic E-state index is 12.0. The average molecular weight is 264 g/mol. The lowest BCUT2D eigenvalue weighted by atomic mass is 10.1. The highest BCUT2D eigenvalue weighted by Crippen LogP contribution is 2.25. The molecule has 1 fully saturated rings. The number of carbonyl (C=O) groups excluding carboxylic acids is 1. The monoisotopic (exact) mass is 264 g/mol. The summed E-state index contributed by atoms with van der Waals surface area (Å²) in [4.78, 5) is 15.1. The number of hydrogen-bond acceptors (Lipinski definition) is 3. The van der Waals surface area contributed by atoms with Crippen molar-refractivity contribution < 1.29 is 4.79 Å². The minimum Gasteiger partial charge on any atom is -0.399 e. The van der Waals surface area contributed by atoms with Crippen molar-refractivity contribution in [1.82, 2.24) is 4.90 Å². The molecule has 3 nitrogen and oxygen atoms in total. The van der Waals surface area contributed by atoms with Crippen LogP contribution < -0.4 is 5.73 Å². The third-order valence-corrected chi connectivity index (χ3v) is 4.41. The van der Waals surface area contributed by atoms with E-state index in [-0.39, 0.29) is 5.91 Å². The molecule has 1 saturated heterocycles. The van der Waals surface area contributed by atoms with Crippen molar-refractivity contribution in [3.8, 4) is 0 Å². The Hall–Kier alpha value is -1.16. The number of nitrogen functional groups attached to an aromatic ring is 1. The molecule has 1 amide bonds. The average Bonchev–Trinajstić information content (AvgIpc) is 2.40. The smallest absolute Gasteiger partial charge is 0.232 e. The van der Waals surface area contributed by atoms with Crippen LogP contribution in [0, 0.1) is 6.92 Å². The molecule has 0 radical (unpaired) electrons. The number of hydrogen-bond donors (Lipinski definition) is 1. The van der Waals surface area contributed by atoms with E-state index in [1.165, 1.54) is 12.0 Å². The van der Waals surface area contributed by atoms with Gasteiger partial charge in [-0.1, -0.05) is 6.07 Å². The van der Waals surface area contributed by atoms with Gasteiger partial charge in [0.2, 0.25) is 5.91 Å². The number of amides is 1. The molecule has 1 heterocycles. The molecular weight excluding hydrogens is 244 g/mol. The molecule has 2 rings (SSSR count). The van der Waals surface area contributed by atoms with E-state index in [1.54, 1.807) is 11.8 Å². The maximum Gasteiger partial charge on any atom is 0.232 e. The van der Waals surface area contributed by atoms with Crippen LogP contribution in [0.2, 0.25) is 0 Å². The lowest BCUT2D eigenvalue weighted by molar-refractivity contribution is -0.129. The Balaban J connectivity index is 1.90. The molecule has 1 aromatic carbocycles. The molecule has 1 aromatic rings. The van der Waals surface area contributed by atoms with Crippen molar-refractivity contribution in [3.05, 3.63) is 23.8 Å². The number of nitrogens with two attached hydrogens (primary N) is 1. The van der Waals surface area contributed by atoms with E-state index in [4.69, 9.17) is 5.73 Å². The van der Waals surface area contributed by atoms with Gasteiger partial charge in [0.25, 0.3) is 0 Å². The van der Waals surface area contributed by atoms with Gasteiger partial charge in [-0.05, 0) is 43.9 Å².